The maximum absolute atomic E-state index is 8.95. The topological polar surface area (TPSA) is 54.4 Å². The molecule has 3 nitrogen and oxygen atoms in total. The van der Waals surface area contributed by atoms with Crippen molar-refractivity contribution in [3.05, 3.63) is 71.8 Å². The minimum Gasteiger partial charge on any atom is -0.273 e. The van der Waals surface area contributed by atoms with E-state index in [1.807, 2.05) is 0 Å². The Morgan fingerprint density at radius 2 is 1.11 bits per heavy atom. The van der Waals surface area contributed by atoms with E-state index in [2.05, 4.69) is 71.3 Å². The second kappa shape index (κ2) is 7.16. The van der Waals surface area contributed by atoms with Gasteiger partial charge in [0.1, 0.15) is 0 Å². The van der Waals surface area contributed by atoms with Crippen LogP contribution < -0.4 is 0 Å². The van der Waals surface area contributed by atoms with E-state index in [0.717, 1.165) is 6.42 Å². The highest BCUT2D eigenvalue weighted by Gasteiger charge is 1.92. The van der Waals surface area contributed by atoms with Gasteiger partial charge in [0.2, 0.25) is 0 Å². The Kier molecular flexibility index (Phi) is 5.85. The smallest absolute Gasteiger partial charge is 0.273 e. The van der Waals surface area contributed by atoms with Crippen LogP contribution in [0.15, 0.2) is 60.7 Å². The van der Waals surface area contributed by atoms with Gasteiger partial charge in [-0.2, -0.15) is 8.42 Å². The van der Waals surface area contributed by atoms with Gasteiger partial charge in [0.15, 0.2) is 0 Å². The lowest BCUT2D eigenvalue weighted by molar-refractivity contribution is 0.501. The molecule has 1 N–H and O–H groups in total. The quantitative estimate of drug-likeness (QED) is 0.680. The maximum atomic E-state index is 8.95. The van der Waals surface area contributed by atoms with Crippen molar-refractivity contribution in [2.24, 2.45) is 0 Å². The van der Waals surface area contributed by atoms with Crippen molar-refractivity contribution in [1.82, 2.24) is 0 Å². The molecule has 0 aliphatic carbocycles. The molecule has 0 heterocycles. The van der Waals surface area contributed by atoms with Crippen molar-refractivity contribution in [2.75, 3.05) is 0 Å². The predicted octanol–water partition coefficient (Wildman–Crippen LogP) is 3.31. The van der Waals surface area contributed by atoms with Crippen LogP contribution in [-0.2, 0) is 15.8 Å². The van der Waals surface area contributed by atoms with Crippen LogP contribution in [0.4, 0.5) is 0 Å². The summed E-state index contributed by atoms with van der Waals surface area (Å²) in [7, 11) is -0.137. The molecule has 0 atom stereocenters. The lowest BCUT2D eigenvalue weighted by Crippen LogP contribution is -1.85. The van der Waals surface area contributed by atoms with Crippen molar-refractivity contribution in [3.8, 4) is 0 Å². The summed E-state index contributed by atoms with van der Waals surface area (Å²) in [5, 5.41) is 0. The molecule has 2 aromatic rings. The average molecular weight is 285 g/mol. The van der Waals surface area contributed by atoms with E-state index >= 15 is 0 Å². The van der Waals surface area contributed by atoms with Crippen LogP contribution in [-0.4, -0.2) is 13.0 Å². The summed E-state index contributed by atoms with van der Waals surface area (Å²) in [6.07, 6.45) is 1.03. The van der Waals surface area contributed by atoms with Crippen LogP contribution in [0.3, 0.4) is 0 Å². The summed E-state index contributed by atoms with van der Waals surface area (Å²) in [4.78, 5) is 0. The van der Waals surface area contributed by atoms with E-state index in [4.69, 9.17) is 13.0 Å². The maximum Gasteiger partial charge on any atom is 0.353 e. The minimum absolute atomic E-state index is 1.03. The van der Waals surface area contributed by atoms with Crippen molar-refractivity contribution in [2.45, 2.75) is 6.42 Å². The molecular weight excluding hydrogens is 272 g/mol. The molecule has 0 saturated heterocycles. The van der Waals surface area contributed by atoms with Crippen LogP contribution in [0.25, 0.3) is 0 Å². The number of benzene rings is 2. The van der Waals surface area contributed by atoms with Gasteiger partial charge in [0, 0.05) is 10.7 Å². The molecule has 0 aliphatic heterocycles. The highest BCUT2D eigenvalue weighted by molar-refractivity contribution is 8.09. The first-order valence-corrected chi connectivity index (χ1v) is 7.46. The molecule has 0 spiro atoms. The van der Waals surface area contributed by atoms with Crippen molar-refractivity contribution >= 4 is 20.0 Å². The molecule has 0 aliphatic rings. The lowest BCUT2D eigenvalue weighted by Gasteiger charge is -2.00. The van der Waals surface area contributed by atoms with Crippen LogP contribution in [0.2, 0.25) is 0 Å². The zero-order chi connectivity index (χ0) is 13.4. The summed E-state index contributed by atoms with van der Waals surface area (Å²) >= 11 is 0. The normalized spacial score (nSPS) is 10.3. The first kappa shape index (κ1) is 14.7. The molecule has 0 aromatic heterocycles. The largest absolute Gasteiger partial charge is 0.353 e. The number of hydrogen-bond donors (Lipinski definition) is 1. The first-order chi connectivity index (χ1) is 8.45. The van der Waals surface area contributed by atoms with Gasteiger partial charge in [-0.3, -0.25) is 4.55 Å². The Balaban J connectivity index is 0.000000280. The number of hydrogen-bond acceptors (Lipinski definition) is 2. The van der Waals surface area contributed by atoms with Crippen molar-refractivity contribution in [1.29, 1.82) is 0 Å². The van der Waals surface area contributed by atoms with E-state index in [1.165, 1.54) is 11.1 Å². The molecule has 0 bridgehead atoms. The number of rotatable bonds is 2. The van der Waals surface area contributed by atoms with Gasteiger partial charge in [-0.15, -0.1) is 0 Å². The molecule has 0 unspecified atom stereocenters. The minimum atomic E-state index is -4.19. The molecule has 5 heteroatoms. The molecule has 0 radical (unpaired) electrons. The van der Waals surface area contributed by atoms with Crippen LogP contribution in [0.1, 0.15) is 11.1 Å². The molecule has 18 heavy (non-hydrogen) atoms. The third kappa shape index (κ3) is 7.84. The lowest BCUT2D eigenvalue weighted by atomic mass is 10.1. The zero-order valence-electron chi connectivity index (χ0n) is 9.53. The SMILES string of the molecule is O=S(=O)(O)Cl.c1ccc(Cc2ccccc2)cc1. The molecule has 2 rings (SSSR count). The van der Waals surface area contributed by atoms with E-state index in [-0.39, 0.29) is 0 Å². The fraction of sp³-hybridized carbons (Fsp3) is 0.0769. The van der Waals surface area contributed by atoms with Gasteiger partial charge in [0.25, 0.3) is 0 Å². The third-order valence-electron chi connectivity index (χ3n) is 2.09. The average Bonchev–Trinajstić information content (AvgIpc) is 2.29. The monoisotopic (exact) mass is 284 g/mol. The van der Waals surface area contributed by atoms with Gasteiger partial charge in [-0.1, -0.05) is 60.7 Å². The van der Waals surface area contributed by atoms with Gasteiger partial charge >= 0.3 is 9.33 Å². The van der Waals surface area contributed by atoms with Crippen LogP contribution in [0.5, 0.6) is 0 Å². The predicted molar refractivity (Wildman–Crippen MR) is 73.1 cm³/mol. The molecule has 0 saturated carbocycles. The van der Waals surface area contributed by atoms with Gasteiger partial charge < -0.3 is 0 Å². The summed E-state index contributed by atoms with van der Waals surface area (Å²) in [5.41, 5.74) is 2.74. The Bertz CT molecular complexity index is 508. The molecule has 0 amide bonds. The fourth-order valence-electron chi connectivity index (χ4n) is 1.43. The summed E-state index contributed by atoms with van der Waals surface area (Å²) in [6.45, 7) is 0. The Labute approximate surface area is 111 Å². The second-order valence-corrected chi connectivity index (χ2v) is 5.55. The van der Waals surface area contributed by atoms with Crippen molar-refractivity contribution in [3.63, 3.8) is 0 Å². The van der Waals surface area contributed by atoms with Gasteiger partial charge in [0.05, 0.1) is 0 Å². The van der Waals surface area contributed by atoms with Crippen molar-refractivity contribution < 1.29 is 13.0 Å². The zero-order valence-corrected chi connectivity index (χ0v) is 11.1. The molecular formula is C13H13ClO3S. The van der Waals surface area contributed by atoms with Crippen LogP contribution >= 0.6 is 10.7 Å². The molecule has 96 valence electrons. The molecule has 0 fully saturated rings. The second-order valence-electron chi connectivity index (χ2n) is 3.56. The highest BCUT2D eigenvalue weighted by atomic mass is 35.7. The van der Waals surface area contributed by atoms with Crippen LogP contribution in [0, 0.1) is 0 Å². The third-order valence-corrected chi connectivity index (χ3v) is 2.09. The van der Waals surface area contributed by atoms with E-state index in [1.54, 1.807) is 0 Å². The Morgan fingerprint density at radius 1 is 0.833 bits per heavy atom. The summed E-state index contributed by atoms with van der Waals surface area (Å²) in [6, 6.07) is 21.1. The van der Waals surface area contributed by atoms with Gasteiger partial charge in [-0.05, 0) is 17.5 Å². The summed E-state index contributed by atoms with van der Waals surface area (Å²) < 4.78 is 25.2. The fourth-order valence-corrected chi connectivity index (χ4v) is 1.43. The molecule has 2 aromatic carbocycles. The number of halogens is 1. The summed E-state index contributed by atoms with van der Waals surface area (Å²) in [5.74, 6) is 0. The standard InChI is InChI=1S/C13H12.ClHO3S/c1-3-7-12(8-4-1)11-13-9-5-2-6-10-13;1-5(2,3)4/h1-10H,11H2;(H,2,3,4). The van der Waals surface area contributed by atoms with Gasteiger partial charge in [-0.25, -0.2) is 0 Å². The first-order valence-electron chi connectivity index (χ1n) is 5.20. The van der Waals surface area contributed by atoms with E-state index in [9.17, 15) is 0 Å². The van der Waals surface area contributed by atoms with E-state index < -0.39 is 9.33 Å². The Morgan fingerprint density at radius 3 is 1.39 bits per heavy atom. The highest BCUT2D eigenvalue weighted by Crippen LogP contribution is 2.07. The van der Waals surface area contributed by atoms with E-state index in [0.29, 0.717) is 0 Å². The Hall–Kier alpha value is -1.36.